The van der Waals surface area contributed by atoms with Crippen molar-refractivity contribution in [1.29, 1.82) is 0 Å². The minimum Gasteiger partial charge on any atom is -0.351 e. The molecule has 1 heterocycles. The van der Waals surface area contributed by atoms with Gasteiger partial charge in [-0.15, -0.1) is 24.1 Å². The number of terminal acetylenes is 1. The molecule has 0 bridgehead atoms. The van der Waals surface area contributed by atoms with Crippen molar-refractivity contribution in [2.24, 2.45) is 0 Å². The van der Waals surface area contributed by atoms with Gasteiger partial charge in [0.1, 0.15) is 6.54 Å². The van der Waals surface area contributed by atoms with Crippen LogP contribution in [0.15, 0.2) is 54.6 Å². The molecule has 1 aliphatic rings. The number of amides is 2. The summed E-state index contributed by atoms with van der Waals surface area (Å²) in [6.45, 7) is 0.0768. The van der Waals surface area contributed by atoms with Crippen LogP contribution in [0.5, 0.6) is 0 Å². The van der Waals surface area contributed by atoms with E-state index in [1.807, 2.05) is 42.5 Å². The number of likely N-dealkylation sites (tertiary alicyclic amines) is 1. The zero-order chi connectivity index (χ0) is 21.3. The molecular formula is C24H25ClN2O2S. The SMILES string of the molecule is C#CCCC(Cc1cccc(Cl)c1)NC(=O)CN1C(=O)CC1SCc1ccccc1. The molecule has 3 rings (SSSR count). The van der Waals surface area contributed by atoms with Crippen LogP contribution in [-0.2, 0) is 21.8 Å². The first-order chi connectivity index (χ1) is 14.5. The molecule has 0 radical (unpaired) electrons. The van der Waals surface area contributed by atoms with E-state index < -0.39 is 0 Å². The summed E-state index contributed by atoms with van der Waals surface area (Å²) in [4.78, 5) is 26.4. The Bertz CT molecular complexity index is 913. The summed E-state index contributed by atoms with van der Waals surface area (Å²) in [6.07, 6.45) is 7.79. The highest BCUT2D eigenvalue weighted by Gasteiger charge is 2.37. The fraction of sp³-hybridized carbons (Fsp3) is 0.333. The molecule has 2 aromatic carbocycles. The lowest BCUT2D eigenvalue weighted by molar-refractivity contribution is -0.145. The van der Waals surface area contributed by atoms with Crippen molar-refractivity contribution in [2.45, 2.75) is 42.9 Å². The molecule has 1 aliphatic heterocycles. The van der Waals surface area contributed by atoms with Gasteiger partial charge in [-0.1, -0.05) is 54.1 Å². The van der Waals surface area contributed by atoms with Gasteiger partial charge in [0.05, 0.1) is 11.8 Å². The number of halogens is 1. The van der Waals surface area contributed by atoms with Gasteiger partial charge in [-0.05, 0) is 36.1 Å². The van der Waals surface area contributed by atoms with E-state index >= 15 is 0 Å². The molecule has 0 aromatic heterocycles. The van der Waals surface area contributed by atoms with E-state index in [2.05, 4.69) is 23.4 Å². The van der Waals surface area contributed by atoms with Crippen LogP contribution in [0.4, 0.5) is 0 Å². The molecule has 4 nitrogen and oxygen atoms in total. The standard InChI is InChI=1S/C24H25ClN2O2S/c1-2-3-12-21(14-19-10-7-11-20(25)13-19)26-22(28)16-27-23(29)15-24(27)30-17-18-8-5-4-6-9-18/h1,4-11,13,21,24H,3,12,14-17H2,(H,26,28). The number of hydrogen-bond acceptors (Lipinski definition) is 3. The Morgan fingerprint density at radius 2 is 2.00 bits per heavy atom. The average molecular weight is 441 g/mol. The summed E-state index contributed by atoms with van der Waals surface area (Å²) in [5.74, 6) is 3.31. The van der Waals surface area contributed by atoms with Gasteiger partial charge in [-0.3, -0.25) is 9.59 Å². The summed E-state index contributed by atoms with van der Waals surface area (Å²) in [5, 5.41) is 3.76. The molecule has 0 spiro atoms. The van der Waals surface area contributed by atoms with Crippen LogP contribution in [-0.4, -0.2) is 34.7 Å². The summed E-state index contributed by atoms with van der Waals surface area (Å²) in [7, 11) is 0. The van der Waals surface area contributed by atoms with E-state index in [9.17, 15) is 9.59 Å². The van der Waals surface area contributed by atoms with Gasteiger partial charge in [0.2, 0.25) is 11.8 Å². The van der Waals surface area contributed by atoms with Crippen molar-refractivity contribution in [3.05, 3.63) is 70.7 Å². The van der Waals surface area contributed by atoms with Crippen LogP contribution in [0.25, 0.3) is 0 Å². The van der Waals surface area contributed by atoms with Crippen LogP contribution < -0.4 is 5.32 Å². The molecule has 156 valence electrons. The van der Waals surface area contributed by atoms with Crippen molar-refractivity contribution in [1.82, 2.24) is 10.2 Å². The highest BCUT2D eigenvalue weighted by atomic mass is 35.5. The molecule has 1 fully saturated rings. The van der Waals surface area contributed by atoms with Crippen molar-refractivity contribution in [2.75, 3.05) is 6.54 Å². The molecular weight excluding hydrogens is 416 g/mol. The Morgan fingerprint density at radius 3 is 2.70 bits per heavy atom. The second-order valence-corrected chi connectivity index (χ2v) is 8.92. The number of rotatable bonds is 10. The van der Waals surface area contributed by atoms with Crippen molar-refractivity contribution in [3.63, 3.8) is 0 Å². The highest BCUT2D eigenvalue weighted by Crippen LogP contribution is 2.31. The largest absolute Gasteiger partial charge is 0.351 e. The summed E-state index contributed by atoms with van der Waals surface area (Å²) in [6, 6.07) is 17.6. The van der Waals surface area contributed by atoms with Crippen molar-refractivity contribution >= 4 is 35.2 Å². The quantitative estimate of drug-likeness (QED) is 0.443. The first kappa shape index (κ1) is 22.3. The zero-order valence-corrected chi connectivity index (χ0v) is 18.3. The van der Waals surface area contributed by atoms with Gasteiger partial charge in [0.15, 0.2) is 0 Å². The summed E-state index contributed by atoms with van der Waals surface area (Å²) >= 11 is 7.76. The lowest BCUT2D eigenvalue weighted by Gasteiger charge is -2.39. The maximum Gasteiger partial charge on any atom is 0.239 e. The number of hydrogen-bond donors (Lipinski definition) is 1. The molecule has 0 saturated carbocycles. The van der Waals surface area contributed by atoms with Gasteiger partial charge in [0, 0.05) is 23.2 Å². The number of nitrogens with one attached hydrogen (secondary N) is 1. The Kier molecular flexibility index (Phi) is 8.24. The Hall–Kier alpha value is -2.42. The Balaban J connectivity index is 1.53. The third kappa shape index (κ3) is 6.55. The minimum absolute atomic E-state index is 0.0192. The van der Waals surface area contributed by atoms with E-state index in [0.717, 1.165) is 11.3 Å². The summed E-state index contributed by atoms with van der Waals surface area (Å²) in [5.41, 5.74) is 2.25. The predicted octanol–water partition coefficient (Wildman–Crippen LogP) is 4.27. The maximum atomic E-state index is 12.7. The molecule has 1 saturated heterocycles. The second-order valence-electron chi connectivity index (χ2n) is 7.32. The molecule has 6 heteroatoms. The second kappa shape index (κ2) is 11.1. The molecule has 30 heavy (non-hydrogen) atoms. The molecule has 2 amide bonds. The molecule has 2 unspecified atom stereocenters. The maximum absolute atomic E-state index is 12.7. The Morgan fingerprint density at radius 1 is 1.23 bits per heavy atom. The molecule has 2 atom stereocenters. The van der Waals surface area contributed by atoms with E-state index in [0.29, 0.717) is 30.7 Å². The van der Waals surface area contributed by atoms with Gasteiger partial charge in [0.25, 0.3) is 0 Å². The van der Waals surface area contributed by atoms with E-state index in [1.54, 1.807) is 16.7 Å². The number of β-lactam (4-membered cyclic amide) rings is 1. The molecule has 2 aromatic rings. The first-order valence-corrected chi connectivity index (χ1v) is 11.4. The topological polar surface area (TPSA) is 49.4 Å². The lowest BCUT2D eigenvalue weighted by Crippen LogP contribution is -2.55. The van der Waals surface area contributed by atoms with Crippen LogP contribution in [0.3, 0.4) is 0 Å². The molecule has 1 N–H and O–H groups in total. The van der Waals surface area contributed by atoms with E-state index in [4.69, 9.17) is 18.0 Å². The third-order valence-corrected chi connectivity index (χ3v) is 6.53. The van der Waals surface area contributed by atoms with Gasteiger partial charge < -0.3 is 10.2 Å². The van der Waals surface area contributed by atoms with Crippen molar-refractivity contribution in [3.8, 4) is 12.3 Å². The van der Waals surface area contributed by atoms with Crippen LogP contribution in [0.2, 0.25) is 5.02 Å². The number of carbonyl (C=O) groups is 2. The zero-order valence-electron chi connectivity index (χ0n) is 16.7. The van der Waals surface area contributed by atoms with Gasteiger partial charge in [-0.2, -0.15) is 0 Å². The smallest absolute Gasteiger partial charge is 0.239 e. The highest BCUT2D eigenvalue weighted by molar-refractivity contribution is 7.99. The lowest BCUT2D eigenvalue weighted by atomic mass is 10.0. The molecule has 0 aliphatic carbocycles. The Labute approximate surface area is 187 Å². The number of benzene rings is 2. The van der Waals surface area contributed by atoms with Crippen LogP contribution in [0, 0.1) is 12.3 Å². The van der Waals surface area contributed by atoms with Gasteiger partial charge >= 0.3 is 0 Å². The van der Waals surface area contributed by atoms with Gasteiger partial charge in [-0.25, -0.2) is 0 Å². The van der Waals surface area contributed by atoms with Crippen LogP contribution in [0.1, 0.15) is 30.4 Å². The fourth-order valence-electron chi connectivity index (χ4n) is 3.39. The minimum atomic E-state index is -0.155. The number of thioether (sulfide) groups is 1. The first-order valence-electron chi connectivity index (χ1n) is 9.97. The van der Waals surface area contributed by atoms with Crippen LogP contribution >= 0.6 is 23.4 Å². The average Bonchev–Trinajstić information content (AvgIpc) is 2.74. The predicted molar refractivity (Wildman–Crippen MR) is 123 cm³/mol. The summed E-state index contributed by atoms with van der Waals surface area (Å²) < 4.78 is 0. The van der Waals surface area contributed by atoms with Crippen molar-refractivity contribution < 1.29 is 9.59 Å². The van der Waals surface area contributed by atoms with E-state index in [-0.39, 0.29) is 29.8 Å². The number of carbonyl (C=O) groups excluding carboxylic acids is 2. The monoisotopic (exact) mass is 440 g/mol. The number of nitrogens with zero attached hydrogens (tertiary/aromatic N) is 1. The van der Waals surface area contributed by atoms with E-state index in [1.165, 1.54) is 5.56 Å². The fourth-order valence-corrected chi connectivity index (χ4v) is 4.81. The third-order valence-electron chi connectivity index (χ3n) is 4.99. The normalized spacial score (nSPS) is 16.5.